The van der Waals surface area contributed by atoms with Gasteiger partial charge in [0.25, 0.3) is 11.8 Å². The molecule has 1 unspecified atom stereocenters. The summed E-state index contributed by atoms with van der Waals surface area (Å²) >= 11 is 1.15. The Morgan fingerprint density at radius 2 is 1.79 bits per heavy atom. The molecule has 0 aliphatic carbocycles. The van der Waals surface area contributed by atoms with Gasteiger partial charge in [-0.25, -0.2) is 0 Å². The highest BCUT2D eigenvalue weighted by atomic mass is 32.2. The van der Waals surface area contributed by atoms with Gasteiger partial charge in [0.15, 0.2) is 5.78 Å². The Morgan fingerprint density at radius 1 is 1.15 bits per heavy atom. The van der Waals surface area contributed by atoms with Crippen molar-refractivity contribution in [2.45, 2.75) is 47.1 Å². The molecule has 1 rings (SSSR count). The van der Waals surface area contributed by atoms with E-state index in [1.54, 1.807) is 44.2 Å². The van der Waals surface area contributed by atoms with Gasteiger partial charge in [0.1, 0.15) is 5.71 Å². The average Bonchev–Trinajstić information content (AvgIpc) is 2.80. The number of hydrogen-bond acceptors (Lipinski definition) is 5. The Hall–Kier alpha value is -3.19. The molecular weight excluding hydrogens is 434 g/mol. The summed E-state index contributed by atoms with van der Waals surface area (Å²) in [6, 6.07) is 8.35. The summed E-state index contributed by atoms with van der Waals surface area (Å²) in [7, 11) is 0. The summed E-state index contributed by atoms with van der Waals surface area (Å²) in [4.78, 5) is 42.8. The highest BCUT2D eigenvalue weighted by Gasteiger charge is 2.21. The summed E-state index contributed by atoms with van der Waals surface area (Å²) in [6.07, 6.45) is 3.66. The number of allylic oxidation sites excluding steroid dienone is 2. The number of nitrogens with zero attached hydrogens (tertiary/aromatic N) is 1. The predicted molar refractivity (Wildman–Crippen MR) is 138 cm³/mol. The topological polar surface area (TPSA) is 87.6 Å². The van der Waals surface area contributed by atoms with Crippen molar-refractivity contribution in [3.63, 3.8) is 0 Å². The van der Waals surface area contributed by atoms with E-state index in [-0.39, 0.29) is 24.1 Å². The number of ketones is 1. The molecule has 1 atom stereocenters. The van der Waals surface area contributed by atoms with Crippen molar-refractivity contribution in [1.82, 2.24) is 10.6 Å². The Kier molecular flexibility index (Phi) is 11.9. The first-order chi connectivity index (χ1) is 15.7. The standard InChI is InChI=1S/C26H33N3O3S/c1-8-21(17(4)5)24(27-10-3)26(32)29-18(6)19(7)33-23(9-2)25(31)28-16-22(30)20-14-12-11-13-15-20/h9-15,18H,3,7-8,16H2,1-2,4-6H3,(H,28,31)(H,29,32)/b23-9-,27-24+. The number of benzene rings is 1. The van der Waals surface area contributed by atoms with Crippen molar-refractivity contribution in [1.29, 1.82) is 0 Å². The lowest BCUT2D eigenvalue weighted by molar-refractivity contribution is -0.116. The number of rotatable bonds is 12. The lowest BCUT2D eigenvalue weighted by Gasteiger charge is -2.19. The number of carbonyl (C=O) groups is 3. The largest absolute Gasteiger partial charge is 0.344 e. The Morgan fingerprint density at radius 3 is 2.30 bits per heavy atom. The minimum Gasteiger partial charge on any atom is -0.344 e. The molecule has 0 heterocycles. The normalized spacial score (nSPS) is 12.4. The van der Waals surface area contributed by atoms with Crippen LogP contribution in [0, 0.1) is 0 Å². The number of hydrogen-bond donors (Lipinski definition) is 2. The summed E-state index contributed by atoms with van der Waals surface area (Å²) < 4.78 is 0. The van der Waals surface area contributed by atoms with E-state index in [0.717, 1.165) is 22.9 Å². The second kappa shape index (κ2) is 14.1. The molecule has 0 aromatic heterocycles. The quantitative estimate of drug-likeness (QED) is 0.258. The van der Waals surface area contributed by atoms with Gasteiger partial charge in [-0.1, -0.05) is 73.8 Å². The SMILES string of the molecule is C=C/N=C(/C(=O)NC(C)C(=C)S/C(=C\C)C(=O)NCC(=O)c1ccccc1)C(CC)=C(C)C. The van der Waals surface area contributed by atoms with Crippen LogP contribution in [0.2, 0.25) is 0 Å². The molecule has 33 heavy (non-hydrogen) atoms. The third kappa shape index (κ3) is 8.69. The van der Waals surface area contributed by atoms with Gasteiger partial charge in [0.05, 0.1) is 17.5 Å². The van der Waals surface area contributed by atoms with E-state index >= 15 is 0 Å². The molecule has 1 aromatic carbocycles. The molecule has 0 aliphatic heterocycles. The van der Waals surface area contributed by atoms with Crippen LogP contribution in [0.25, 0.3) is 0 Å². The smallest absolute Gasteiger partial charge is 0.270 e. The minimum atomic E-state index is -0.429. The molecule has 0 spiro atoms. The Labute approximate surface area is 201 Å². The first-order valence-electron chi connectivity index (χ1n) is 10.7. The third-order valence-corrected chi connectivity index (χ3v) is 6.00. The molecule has 0 fully saturated rings. The van der Waals surface area contributed by atoms with Crippen LogP contribution < -0.4 is 10.6 Å². The molecule has 7 heteroatoms. The highest BCUT2D eigenvalue weighted by Crippen LogP contribution is 2.27. The van der Waals surface area contributed by atoms with Gasteiger partial charge in [0.2, 0.25) is 0 Å². The van der Waals surface area contributed by atoms with E-state index in [4.69, 9.17) is 0 Å². The fourth-order valence-corrected chi connectivity index (χ4v) is 3.71. The second-order valence-corrected chi connectivity index (χ2v) is 8.55. The second-order valence-electron chi connectivity index (χ2n) is 7.38. The van der Waals surface area contributed by atoms with E-state index in [2.05, 4.69) is 28.8 Å². The number of amides is 2. The molecule has 2 N–H and O–H groups in total. The number of aliphatic imine (C=N–C) groups is 1. The van der Waals surface area contributed by atoms with E-state index in [1.807, 2.05) is 26.8 Å². The van der Waals surface area contributed by atoms with Crippen LogP contribution in [0.3, 0.4) is 0 Å². The van der Waals surface area contributed by atoms with Crippen LogP contribution >= 0.6 is 11.8 Å². The van der Waals surface area contributed by atoms with Crippen molar-refractivity contribution in [2.75, 3.05) is 6.54 Å². The lowest BCUT2D eigenvalue weighted by atomic mass is 10.0. The summed E-state index contributed by atoms with van der Waals surface area (Å²) in [5, 5.41) is 5.53. The predicted octanol–water partition coefficient (Wildman–Crippen LogP) is 4.97. The first-order valence-corrected chi connectivity index (χ1v) is 11.5. The van der Waals surface area contributed by atoms with E-state index in [0.29, 0.717) is 27.5 Å². The monoisotopic (exact) mass is 467 g/mol. The third-order valence-electron chi connectivity index (χ3n) is 4.74. The average molecular weight is 468 g/mol. The number of carbonyl (C=O) groups excluding carboxylic acids is 3. The molecule has 0 saturated carbocycles. The fourth-order valence-electron chi connectivity index (χ4n) is 2.91. The molecule has 6 nitrogen and oxygen atoms in total. The maximum absolute atomic E-state index is 12.8. The molecule has 0 bridgehead atoms. The van der Waals surface area contributed by atoms with E-state index in [9.17, 15) is 14.4 Å². The molecular formula is C26H33N3O3S. The van der Waals surface area contributed by atoms with Gasteiger partial charge < -0.3 is 10.6 Å². The fraction of sp³-hybridized carbons (Fsp3) is 0.308. The van der Waals surface area contributed by atoms with Gasteiger partial charge in [-0.2, -0.15) is 0 Å². The van der Waals surface area contributed by atoms with Crippen molar-refractivity contribution >= 4 is 35.1 Å². The highest BCUT2D eigenvalue weighted by molar-refractivity contribution is 8.07. The zero-order valence-electron chi connectivity index (χ0n) is 20.0. The van der Waals surface area contributed by atoms with Crippen molar-refractivity contribution in [3.8, 4) is 0 Å². The Bertz CT molecular complexity index is 987. The van der Waals surface area contributed by atoms with Crippen LogP contribution in [-0.4, -0.2) is 35.9 Å². The van der Waals surface area contributed by atoms with E-state index in [1.165, 1.54) is 6.20 Å². The lowest BCUT2D eigenvalue weighted by Crippen LogP contribution is -2.39. The maximum Gasteiger partial charge on any atom is 0.270 e. The van der Waals surface area contributed by atoms with Gasteiger partial charge in [-0.15, -0.1) is 0 Å². The van der Waals surface area contributed by atoms with Gasteiger partial charge in [-0.3, -0.25) is 19.4 Å². The van der Waals surface area contributed by atoms with Gasteiger partial charge in [-0.05, 0) is 39.7 Å². The zero-order valence-corrected chi connectivity index (χ0v) is 20.8. The first kappa shape index (κ1) is 27.8. The zero-order chi connectivity index (χ0) is 25.0. The Balaban J connectivity index is 2.76. The maximum atomic E-state index is 12.8. The van der Waals surface area contributed by atoms with E-state index < -0.39 is 6.04 Å². The van der Waals surface area contributed by atoms with Crippen molar-refractivity contribution < 1.29 is 14.4 Å². The minimum absolute atomic E-state index is 0.108. The summed E-state index contributed by atoms with van der Waals surface area (Å²) in [6.45, 7) is 16.9. The number of thioether (sulfide) groups is 1. The summed E-state index contributed by atoms with van der Waals surface area (Å²) in [5.74, 6) is -0.885. The van der Waals surface area contributed by atoms with Crippen LogP contribution in [0.5, 0.6) is 0 Å². The van der Waals surface area contributed by atoms with Gasteiger partial charge >= 0.3 is 0 Å². The molecule has 0 saturated heterocycles. The molecule has 176 valence electrons. The summed E-state index contributed by atoms with van der Waals surface area (Å²) in [5.41, 5.74) is 2.72. The van der Waals surface area contributed by atoms with Gasteiger partial charge in [0, 0.05) is 16.7 Å². The van der Waals surface area contributed by atoms with Crippen LogP contribution in [0.1, 0.15) is 51.4 Å². The van der Waals surface area contributed by atoms with Crippen molar-refractivity contribution in [3.05, 3.63) is 82.3 Å². The molecule has 2 amide bonds. The van der Waals surface area contributed by atoms with Crippen molar-refractivity contribution in [2.24, 2.45) is 4.99 Å². The van der Waals surface area contributed by atoms with Crippen LogP contribution in [-0.2, 0) is 9.59 Å². The molecule has 1 aromatic rings. The van der Waals surface area contributed by atoms with Crippen LogP contribution in [0.15, 0.2) is 81.7 Å². The molecule has 0 aliphatic rings. The number of Topliss-reactive ketones (excluding diaryl/α,β-unsaturated/α-hetero) is 1. The molecule has 0 radical (unpaired) electrons. The number of nitrogens with one attached hydrogen (secondary N) is 2. The van der Waals surface area contributed by atoms with Crippen LogP contribution in [0.4, 0.5) is 0 Å².